The molecule has 8 heteroatoms. The Morgan fingerprint density at radius 3 is 2.48 bits per heavy atom. The highest BCUT2D eigenvalue weighted by Crippen LogP contribution is 2.42. The summed E-state index contributed by atoms with van der Waals surface area (Å²) in [4.78, 5) is 40.1. The van der Waals surface area contributed by atoms with Crippen LogP contribution in [0.15, 0.2) is 18.2 Å². The zero-order valence-electron chi connectivity index (χ0n) is 12.9. The lowest BCUT2D eigenvalue weighted by Gasteiger charge is -2.27. The molecule has 122 valence electrons. The number of hydrogen-bond donors (Lipinski definition) is 2. The molecule has 0 radical (unpaired) electrons. The molecule has 0 aliphatic carbocycles. The lowest BCUT2D eigenvalue weighted by molar-refractivity contribution is -0.134. The fraction of sp³-hybridized carbons (Fsp3) is 0.400. The standard InChI is InChI=1S/C15H17FN4O3/c1-3-19(4-2)8-20-11-7-9(16)5-6-10(11)15(13(20)22)12(21)17-14(23)18-15/h5-7H,3-4,8H2,1-2H3,(H2,17,18,21,23). The Morgan fingerprint density at radius 1 is 1.22 bits per heavy atom. The first-order valence-corrected chi connectivity index (χ1v) is 7.42. The molecule has 1 spiro atoms. The van der Waals surface area contributed by atoms with Gasteiger partial charge in [-0.1, -0.05) is 19.9 Å². The van der Waals surface area contributed by atoms with E-state index in [2.05, 4.69) is 10.6 Å². The number of amides is 4. The summed E-state index contributed by atoms with van der Waals surface area (Å²) < 4.78 is 13.7. The fourth-order valence-corrected chi connectivity index (χ4v) is 3.03. The van der Waals surface area contributed by atoms with Crippen molar-refractivity contribution in [3.05, 3.63) is 29.6 Å². The first-order chi connectivity index (χ1) is 10.9. The molecule has 0 aromatic heterocycles. The number of fused-ring (bicyclic) bond motifs is 2. The average Bonchev–Trinajstić information content (AvgIpc) is 2.93. The second-order valence-electron chi connectivity index (χ2n) is 5.50. The van der Waals surface area contributed by atoms with E-state index in [1.165, 1.54) is 23.1 Å². The summed E-state index contributed by atoms with van der Waals surface area (Å²) in [6.07, 6.45) is 0. The Morgan fingerprint density at radius 2 is 1.91 bits per heavy atom. The summed E-state index contributed by atoms with van der Waals surface area (Å²) in [5.74, 6) is -1.82. The predicted octanol–water partition coefficient (Wildman–Crippen LogP) is 0.506. The Hall–Kier alpha value is -2.48. The van der Waals surface area contributed by atoms with Crippen LogP contribution in [0.2, 0.25) is 0 Å². The molecule has 2 aliphatic heterocycles. The zero-order valence-corrected chi connectivity index (χ0v) is 12.9. The maximum absolute atomic E-state index is 13.7. The monoisotopic (exact) mass is 320 g/mol. The van der Waals surface area contributed by atoms with E-state index < -0.39 is 29.2 Å². The van der Waals surface area contributed by atoms with Gasteiger partial charge >= 0.3 is 6.03 Å². The Balaban J connectivity index is 2.11. The van der Waals surface area contributed by atoms with Crippen LogP contribution in [0.3, 0.4) is 0 Å². The first-order valence-electron chi connectivity index (χ1n) is 7.42. The molecule has 0 bridgehead atoms. The molecule has 2 heterocycles. The summed E-state index contributed by atoms with van der Waals surface area (Å²) in [5.41, 5.74) is -1.20. The van der Waals surface area contributed by atoms with Gasteiger partial charge in [0.05, 0.1) is 12.4 Å². The van der Waals surface area contributed by atoms with E-state index in [0.29, 0.717) is 24.3 Å². The molecular weight excluding hydrogens is 303 g/mol. The summed E-state index contributed by atoms with van der Waals surface area (Å²) in [5, 5.41) is 4.51. The summed E-state index contributed by atoms with van der Waals surface area (Å²) >= 11 is 0. The minimum Gasteiger partial charge on any atom is -0.312 e. The van der Waals surface area contributed by atoms with Gasteiger partial charge in [0.25, 0.3) is 11.8 Å². The number of rotatable bonds is 4. The van der Waals surface area contributed by atoms with Crippen LogP contribution in [0, 0.1) is 5.82 Å². The van der Waals surface area contributed by atoms with E-state index in [-0.39, 0.29) is 6.67 Å². The van der Waals surface area contributed by atoms with Gasteiger partial charge in [-0.25, -0.2) is 9.18 Å². The van der Waals surface area contributed by atoms with Gasteiger partial charge in [-0.05, 0) is 25.2 Å². The predicted molar refractivity (Wildman–Crippen MR) is 80.0 cm³/mol. The van der Waals surface area contributed by atoms with Gasteiger partial charge in [0.1, 0.15) is 5.82 Å². The number of carbonyl (C=O) groups is 3. The number of hydrogen-bond acceptors (Lipinski definition) is 4. The topological polar surface area (TPSA) is 81.8 Å². The maximum atomic E-state index is 13.7. The summed E-state index contributed by atoms with van der Waals surface area (Å²) in [6.45, 7) is 5.48. The number of imide groups is 1. The van der Waals surface area contributed by atoms with Crippen molar-refractivity contribution in [1.29, 1.82) is 0 Å². The average molecular weight is 320 g/mol. The van der Waals surface area contributed by atoms with Gasteiger partial charge < -0.3 is 5.32 Å². The van der Waals surface area contributed by atoms with Crippen molar-refractivity contribution in [3.8, 4) is 0 Å². The van der Waals surface area contributed by atoms with Crippen LogP contribution in [-0.4, -0.2) is 42.5 Å². The number of anilines is 1. The van der Waals surface area contributed by atoms with Gasteiger partial charge in [0.2, 0.25) is 5.54 Å². The van der Waals surface area contributed by atoms with Crippen LogP contribution < -0.4 is 15.5 Å². The van der Waals surface area contributed by atoms with Gasteiger partial charge in [-0.2, -0.15) is 0 Å². The molecule has 1 aromatic carbocycles. The highest BCUT2D eigenvalue weighted by Gasteiger charge is 2.61. The summed E-state index contributed by atoms with van der Waals surface area (Å²) in [7, 11) is 0. The van der Waals surface area contributed by atoms with Crippen LogP contribution in [0.1, 0.15) is 19.4 Å². The van der Waals surface area contributed by atoms with Gasteiger partial charge in [0.15, 0.2) is 0 Å². The molecule has 23 heavy (non-hydrogen) atoms. The number of nitrogens with one attached hydrogen (secondary N) is 2. The van der Waals surface area contributed by atoms with Crippen molar-refractivity contribution >= 4 is 23.5 Å². The van der Waals surface area contributed by atoms with E-state index in [1.54, 1.807) is 0 Å². The van der Waals surface area contributed by atoms with Gasteiger partial charge in [-0.3, -0.25) is 24.7 Å². The highest BCUT2D eigenvalue weighted by atomic mass is 19.1. The molecule has 1 fully saturated rings. The molecule has 4 amide bonds. The van der Waals surface area contributed by atoms with E-state index in [1.807, 2.05) is 18.7 Å². The molecule has 1 aromatic rings. The van der Waals surface area contributed by atoms with Crippen LogP contribution in [0.4, 0.5) is 14.9 Å². The third-order valence-electron chi connectivity index (χ3n) is 4.33. The largest absolute Gasteiger partial charge is 0.323 e. The molecule has 1 unspecified atom stereocenters. The van der Waals surface area contributed by atoms with Gasteiger partial charge in [0, 0.05) is 5.56 Å². The third kappa shape index (κ3) is 2.09. The Bertz CT molecular complexity index is 704. The van der Waals surface area contributed by atoms with Crippen LogP contribution in [-0.2, 0) is 15.1 Å². The number of carbonyl (C=O) groups excluding carboxylic acids is 3. The SMILES string of the molecule is CCN(CC)CN1C(=O)C2(NC(=O)NC2=O)c2ccc(F)cc21. The van der Waals surface area contributed by atoms with E-state index in [4.69, 9.17) is 0 Å². The van der Waals surface area contributed by atoms with Crippen molar-refractivity contribution < 1.29 is 18.8 Å². The second-order valence-corrected chi connectivity index (χ2v) is 5.50. The lowest BCUT2D eigenvalue weighted by atomic mass is 9.91. The third-order valence-corrected chi connectivity index (χ3v) is 4.33. The molecule has 7 nitrogen and oxygen atoms in total. The van der Waals surface area contributed by atoms with Crippen molar-refractivity contribution in [2.24, 2.45) is 0 Å². The molecule has 3 rings (SSSR count). The molecular formula is C15H17FN4O3. The van der Waals surface area contributed by atoms with Crippen molar-refractivity contribution in [3.63, 3.8) is 0 Å². The first kappa shape index (κ1) is 15.4. The minimum absolute atomic E-state index is 0.215. The fourth-order valence-electron chi connectivity index (χ4n) is 3.03. The Labute approximate surface area is 132 Å². The number of urea groups is 1. The van der Waals surface area contributed by atoms with Crippen LogP contribution in [0.25, 0.3) is 0 Å². The number of halogens is 1. The van der Waals surface area contributed by atoms with Crippen LogP contribution >= 0.6 is 0 Å². The van der Waals surface area contributed by atoms with Crippen molar-refractivity contribution in [1.82, 2.24) is 15.5 Å². The number of nitrogens with zero attached hydrogens (tertiary/aromatic N) is 2. The van der Waals surface area contributed by atoms with Gasteiger partial charge in [-0.15, -0.1) is 0 Å². The Kier molecular flexibility index (Phi) is 3.56. The smallest absolute Gasteiger partial charge is 0.312 e. The highest BCUT2D eigenvalue weighted by molar-refractivity contribution is 6.27. The number of benzene rings is 1. The second kappa shape index (κ2) is 5.31. The summed E-state index contributed by atoms with van der Waals surface area (Å²) in [6, 6.07) is 3.02. The lowest BCUT2D eigenvalue weighted by Crippen LogP contribution is -2.53. The molecule has 0 saturated carbocycles. The van der Waals surface area contributed by atoms with E-state index in [0.717, 1.165) is 0 Å². The van der Waals surface area contributed by atoms with E-state index >= 15 is 0 Å². The zero-order chi connectivity index (χ0) is 16.8. The maximum Gasteiger partial charge on any atom is 0.323 e. The van der Waals surface area contributed by atoms with E-state index in [9.17, 15) is 18.8 Å². The minimum atomic E-state index is -1.80. The van der Waals surface area contributed by atoms with Crippen molar-refractivity contribution in [2.75, 3.05) is 24.7 Å². The van der Waals surface area contributed by atoms with Crippen LogP contribution in [0.5, 0.6) is 0 Å². The van der Waals surface area contributed by atoms with Crippen molar-refractivity contribution in [2.45, 2.75) is 19.4 Å². The molecule has 2 aliphatic rings. The molecule has 2 N–H and O–H groups in total. The quantitative estimate of drug-likeness (QED) is 0.625. The molecule has 1 atom stereocenters. The normalized spacial score (nSPS) is 22.8. The molecule has 1 saturated heterocycles.